The number of methoxy groups -OCH3 is 1. The Bertz CT molecular complexity index is 1560. The Kier molecular flexibility index (Phi) is 10.6. The zero-order valence-corrected chi connectivity index (χ0v) is 25.2. The number of nitrogens with zero attached hydrogens (tertiary/aromatic N) is 6. The van der Waals surface area contributed by atoms with Gasteiger partial charge in [-0.1, -0.05) is 12.0 Å². The molecule has 1 aromatic carbocycles. The number of anilines is 1. The number of thioether (sulfide) groups is 1. The van der Waals surface area contributed by atoms with Crippen LogP contribution in [0.4, 0.5) is 20.3 Å². The van der Waals surface area contributed by atoms with E-state index in [9.17, 15) is 18.4 Å². The Morgan fingerprint density at radius 2 is 1.93 bits per heavy atom. The number of benzene rings is 1. The van der Waals surface area contributed by atoms with Gasteiger partial charge in [0, 0.05) is 67.6 Å². The van der Waals surface area contributed by atoms with E-state index in [0.29, 0.717) is 31.0 Å². The number of hydrogen-bond acceptors (Lipinski definition) is 10. The molecule has 3 aromatic rings. The maximum Gasteiger partial charge on any atom is 0.250 e. The predicted molar refractivity (Wildman–Crippen MR) is 164 cm³/mol. The van der Waals surface area contributed by atoms with Crippen molar-refractivity contribution in [3.63, 3.8) is 0 Å². The molecule has 0 saturated heterocycles. The first-order valence-corrected chi connectivity index (χ1v) is 14.4. The first-order chi connectivity index (χ1) is 20.6. The van der Waals surface area contributed by atoms with Crippen molar-refractivity contribution < 1.29 is 23.1 Å². The van der Waals surface area contributed by atoms with Crippen molar-refractivity contribution in [2.24, 2.45) is 10.9 Å². The lowest BCUT2D eigenvalue weighted by Gasteiger charge is -2.31. The standard InChI is InChI=1S/C31H32F2N6O3S/c1-21-13-27(28(42-4)19-34-21)26-14-25(39(3)10-9-38(2)11-12-40)8-6-23(26)17-35-29-30(43-20-41)37-24(18-36-29)7-5-22-15-31(32,33)16-22/h6,8,12-14,17-20,22H,9-11,15-16H2,1-4H3. The Labute approximate surface area is 253 Å². The van der Waals surface area contributed by atoms with Crippen molar-refractivity contribution in [2.75, 3.05) is 45.7 Å². The monoisotopic (exact) mass is 606 g/mol. The third kappa shape index (κ3) is 8.43. The maximum absolute atomic E-state index is 13.1. The average Bonchev–Trinajstić information content (AvgIpc) is 2.97. The van der Waals surface area contributed by atoms with Crippen LogP contribution in [-0.2, 0) is 9.59 Å². The van der Waals surface area contributed by atoms with E-state index in [-0.39, 0.29) is 35.3 Å². The summed E-state index contributed by atoms with van der Waals surface area (Å²) in [6.07, 6.45) is 5.09. The summed E-state index contributed by atoms with van der Waals surface area (Å²) in [6.45, 7) is 3.66. The van der Waals surface area contributed by atoms with Crippen LogP contribution < -0.4 is 9.64 Å². The van der Waals surface area contributed by atoms with E-state index in [2.05, 4.69) is 36.7 Å². The van der Waals surface area contributed by atoms with Gasteiger partial charge in [-0.15, -0.1) is 0 Å². The van der Waals surface area contributed by atoms with E-state index in [1.807, 2.05) is 50.2 Å². The summed E-state index contributed by atoms with van der Waals surface area (Å²) >= 11 is 0.815. The zero-order valence-electron chi connectivity index (χ0n) is 24.4. The Morgan fingerprint density at radius 1 is 1.14 bits per heavy atom. The molecule has 2 heterocycles. The Balaban J connectivity index is 1.67. The molecule has 12 heteroatoms. The summed E-state index contributed by atoms with van der Waals surface area (Å²) in [6, 6.07) is 7.88. The molecule has 1 aliphatic carbocycles. The molecule has 4 rings (SSSR count). The number of carbonyl (C=O) groups is 2. The number of aldehydes is 1. The van der Waals surface area contributed by atoms with E-state index < -0.39 is 5.92 Å². The maximum atomic E-state index is 13.1. The van der Waals surface area contributed by atoms with Crippen LogP contribution in [0.3, 0.4) is 0 Å². The van der Waals surface area contributed by atoms with Crippen LogP contribution in [-0.4, -0.2) is 84.7 Å². The summed E-state index contributed by atoms with van der Waals surface area (Å²) in [4.78, 5) is 43.9. The molecule has 1 aliphatic rings. The zero-order chi connectivity index (χ0) is 31.0. The van der Waals surface area contributed by atoms with Crippen LogP contribution in [0, 0.1) is 24.7 Å². The number of ether oxygens (including phenoxy) is 1. The highest BCUT2D eigenvalue weighted by Gasteiger charge is 2.44. The van der Waals surface area contributed by atoms with Gasteiger partial charge in [-0.3, -0.25) is 14.7 Å². The molecule has 0 unspecified atom stereocenters. The molecule has 2 aromatic heterocycles. The molecule has 0 amide bonds. The number of carbonyl (C=O) groups excluding carboxylic acids is 2. The van der Waals surface area contributed by atoms with E-state index in [0.717, 1.165) is 46.1 Å². The van der Waals surface area contributed by atoms with Crippen molar-refractivity contribution in [3.05, 3.63) is 53.6 Å². The van der Waals surface area contributed by atoms with E-state index in [4.69, 9.17) is 4.74 Å². The second-order valence-corrected chi connectivity index (χ2v) is 11.0. The van der Waals surface area contributed by atoms with Gasteiger partial charge in [-0.05, 0) is 55.4 Å². The van der Waals surface area contributed by atoms with E-state index in [1.165, 1.54) is 6.20 Å². The van der Waals surface area contributed by atoms with Gasteiger partial charge >= 0.3 is 0 Å². The number of pyridine rings is 1. The van der Waals surface area contributed by atoms with Crippen LogP contribution in [0.5, 0.6) is 5.75 Å². The third-order valence-electron chi connectivity index (χ3n) is 6.90. The van der Waals surface area contributed by atoms with Gasteiger partial charge in [0.1, 0.15) is 22.8 Å². The molecule has 0 aliphatic heterocycles. The molecule has 0 radical (unpaired) electrons. The average molecular weight is 607 g/mol. The fraction of sp³-hybridized carbons (Fsp3) is 0.355. The minimum atomic E-state index is -2.65. The van der Waals surface area contributed by atoms with Crippen LogP contribution in [0.25, 0.3) is 11.1 Å². The van der Waals surface area contributed by atoms with Crippen LogP contribution >= 0.6 is 11.8 Å². The quantitative estimate of drug-likeness (QED) is 0.124. The lowest BCUT2D eigenvalue weighted by molar-refractivity contribution is -0.108. The molecule has 0 N–H and O–H groups in total. The molecule has 0 atom stereocenters. The van der Waals surface area contributed by atoms with Crippen molar-refractivity contribution in [1.29, 1.82) is 0 Å². The number of alkyl halides is 2. The SMILES string of the molecule is COc1cnc(C)cc1-c1cc(N(C)CCN(C)CC=O)ccc1C=Nc1ncc(C#CC2CC(F)(F)C2)nc1SC=O. The third-order valence-corrected chi connectivity index (χ3v) is 7.49. The Morgan fingerprint density at radius 3 is 2.63 bits per heavy atom. The van der Waals surface area contributed by atoms with Gasteiger partial charge in [0.2, 0.25) is 0 Å². The lowest BCUT2D eigenvalue weighted by atomic mass is 9.82. The van der Waals surface area contributed by atoms with Crippen molar-refractivity contribution in [3.8, 4) is 28.7 Å². The molecular formula is C31H32F2N6O3S. The predicted octanol–water partition coefficient (Wildman–Crippen LogP) is 4.85. The molecule has 224 valence electrons. The van der Waals surface area contributed by atoms with Crippen LogP contribution in [0.2, 0.25) is 0 Å². The van der Waals surface area contributed by atoms with Crippen LogP contribution in [0.1, 0.15) is 29.8 Å². The first kappa shape index (κ1) is 31.7. The lowest BCUT2D eigenvalue weighted by Crippen LogP contribution is -2.34. The highest BCUT2D eigenvalue weighted by Crippen LogP contribution is 2.42. The highest BCUT2D eigenvalue weighted by molar-refractivity contribution is 8.11. The summed E-state index contributed by atoms with van der Waals surface area (Å²) in [5, 5.41) is 0.256. The van der Waals surface area contributed by atoms with E-state index >= 15 is 0 Å². The van der Waals surface area contributed by atoms with Gasteiger partial charge in [-0.25, -0.2) is 23.7 Å². The number of likely N-dealkylation sites (N-methyl/N-ethyl adjacent to an activating group) is 2. The smallest absolute Gasteiger partial charge is 0.250 e. The fourth-order valence-electron chi connectivity index (χ4n) is 4.43. The Hall–Kier alpha value is -4.21. The second kappa shape index (κ2) is 14.3. The molecular weight excluding hydrogens is 574 g/mol. The normalized spacial score (nSPS) is 14.2. The number of rotatable bonds is 12. The van der Waals surface area contributed by atoms with Crippen molar-refractivity contribution in [2.45, 2.75) is 30.7 Å². The van der Waals surface area contributed by atoms with Gasteiger partial charge in [0.05, 0.1) is 26.0 Å². The first-order valence-electron chi connectivity index (χ1n) is 13.5. The molecule has 1 fully saturated rings. The summed E-state index contributed by atoms with van der Waals surface area (Å²) < 4.78 is 31.9. The van der Waals surface area contributed by atoms with Gasteiger partial charge in [0.25, 0.3) is 5.92 Å². The molecule has 0 bridgehead atoms. The van der Waals surface area contributed by atoms with Crippen molar-refractivity contribution in [1.82, 2.24) is 19.9 Å². The van der Waals surface area contributed by atoms with E-state index in [1.54, 1.807) is 19.5 Å². The summed E-state index contributed by atoms with van der Waals surface area (Å²) in [5.74, 6) is 3.38. The molecule has 43 heavy (non-hydrogen) atoms. The number of halogens is 2. The highest BCUT2D eigenvalue weighted by atomic mass is 32.2. The summed E-state index contributed by atoms with van der Waals surface area (Å²) in [7, 11) is 5.46. The topological polar surface area (TPSA) is 101 Å². The van der Waals surface area contributed by atoms with Gasteiger partial charge in [0.15, 0.2) is 11.4 Å². The number of aryl methyl sites for hydroxylation is 1. The molecule has 1 saturated carbocycles. The molecule has 9 nitrogen and oxygen atoms in total. The van der Waals surface area contributed by atoms with Gasteiger partial charge < -0.3 is 14.4 Å². The minimum absolute atomic E-state index is 0.223. The largest absolute Gasteiger partial charge is 0.494 e. The second-order valence-electron chi connectivity index (χ2n) is 10.2. The summed E-state index contributed by atoms with van der Waals surface area (Å²) in [5.41, 5.74) is 5.10. The number of aliphatic imine (C=N–C) groups is 1. The van der Waals surface area contributed by atoms with Crippen molar-refractivity contribution >= 4 is 41.4 Å². The van der Waals surface area contributed by atoms with Gasteiger partial charge in [-0.2, -0.15) is 0 Å². The minimum Gasteiger partial charge on any atom is -0.494 e. The number of hydrogen-bond donors (Lipinski definition) is 0. The van der Waals surface area contributed by atoms with Crippen LogP contribution in [0.15, 0.2) is 46.7 Å². The molecule has 0 spiro atoms. The number of aromatic nitrogens is 3. The fourth-order valence-corrected chi connectivity index (χ4v) is 4.88.